The summed E-state index contributed by atoms with van der Waals surface area (Å²) in [6, 6.07) is 0. The van der Waals surface area contributed by atoms with Gasteiger partial charge in [0.2, 0.25) is 5.91 Å². The van der Waals surface area contributed by atoms with Crippen LogP contribution in [0.1, 0.15) is 13.8 Å². The van der Waals surface area contributed by atoms with Gasteiger partial charge in [-0.3, -0.25) is 9.59 Å². The Hall–Kier alpha value is -1.12. The number of nitrogens with two attached hydrogens (primary N) is 1. The lowest BCUT2D eigenvalue weighted by Gasteiger charge is -2.21. The Bertz CT molecular complexity index is 455. The lowest BCUT2D eigenvalue weighted by molar-refractivity contribution is -0.125. The van der Waals surface area contributed by atoms with E-state index in [0.29, 0.717) is 15.9 Å². The molecule has 0 atom stereocenters. The second-order valence-corrected chi connectivity index (χ2v) is 5.07. The van der Waals surface area contributed by atoms with Gasteiger partial charge in [0.1, 0.15) is 9.39 Å². The molecular formula is C9H13IN4O2. The predicted octanol–water partition coefficient (Wildman–Crippen LogP) is 0.298. The second-order valence-electron chi connectivity index (χ2n) is 4.00. The highest BCUT2D eigenvalue weighted by molar-refractivity contribution is 14.1. The fourth-order valence-electron chi connectivity index (χ4n) is 0.898. The third kappa shape index (κ3) is 2.94. The zero-order valence-electron chi connectivity index (χ0n) is 9.00. The number of aromatic nitrogens is 2. The number of hydrogen-bond donors (Lipinski definition) is 3. The number of primary amides is 1. The average Bonchev–Trinajstić information content (AvgIpc) is 2.20. The second kappa shape index (κ2) is 4.81. The van der Waals surface area contributed by atoms with Crippen molar-refractivity contribution in [2.75, 3.05) is 11.9 Å². The van der Waals surface area contributed by atoms with Crippen LogP contribution in [-0.2, 0) is 4.79 Å². The molecule has 0 aliphatic heterocycles. The molecule has 0 bridgehead atoms. The van der Waals surface area contributed by atoms with Gasteiger partial charge in [0.25, 0.3) is 5.56 Å². The molecule has 0 aliphatic rings. The number of nitrogens with zero attached hydrogens (tertiary/aromatic N) is 1. The standard InChI is InChI=1S/C9H13IN4O2/c1-9(2,8(11)16)3-12-6-5(10)7(15)14-4-13-6/h4H,3H2,1-2H3,(H2,11,16)(H2,12,13,14,15). The van der Waals surface area contributed by atoms with Crippen LogP contribution < -0.4 is 16.6 Å². The van der Waals surface area contributed by atoms with E-state index in [-0.39, 0.29) is 5.56 Å². The molecule has 1 aromatic rings. The van der Waals surface area contributed by atoms with E-state index in [4.69, 9.17) is 5.73 Å². The summed E-state index contributed by atoms with van der Waals surface area (Å²) in [4.78, 5) is 28.8. The molecule has 0 radical (unpaired) electrons. The van der Waals surface area contributed by atoms with Gasteiger partial charge in [0.05, 0.1) is 11.7 Å². The van der Waals surface area contributed by atoms with Gasteiger partial charge in [0, 0.05) is 6.54 Å². The minimum absolute atomic E-state index is 0.213. The topological polar surface area (TPSA) is 101 Å². The highest BCUT2D eigenvalue weighted by atomic mass is 127. The maximum Gasteiger partial charge on any atom is 0.266 e. The SMILES string of the molecule is CC(C)(CNc1nc[nH]c(=O)c1I)C(N)=O. The fourth-order valence-corrected chi connectivity index (χ4v) is 1.38. The molecule has 4 N–H and O–H groups in total. The molecule has 0 saturated heterocycles. The van der Waals surface area contributed by atoms with Gasteiger partial charge in [-0.05, 0) is 36.4 Å². The monoisotopic (exact) mass is 336 g/mol. The van der Waals surface area contributed by atoms with Gasteiger partial charge in [-0.25, -0.2) is 4.98 Å². The summed E-state index contributed by atoms with van der Waals surface area (Å²) < 4.78 is 0.459. The summed E-state index contributed by atoms with van der Waals surface area (Å²) in [5.41, 5.74) is 4.33. The van der Waals surface area contributed by atoms with Crippen LogP contribution in [0.15, 0.2) is 11.1 Å². The van der Waals surface area contributed by atoms with Crippen LogP contribution in [0.4, 0.5) is 5.82 Å². The Kier molecular flexibility index (Phi) is 3.89. The fraction of sp³-hybridized carbons (Fsp3) is 0.444. The van der Waals surface area contributed by atoms with Gasteiger partial charge in [-0.2, -0.15) is 0 Å². The predicted molar refractivity (Wildman–Crippen MR) is 69.0 cm³/mol. The number of H-pyrrole nitrogens is 1. The quantitative estimate of drug-likeness (QED) is 0.689. The molecule has 6 nitrogen and oxygen atoms in total. The van der Waals surface area contributed by atoms with Crippen LogP contribution in [0.2, 0.25) is 0 Å². The molecule has 0 fully saturated rings. The van der Waals surface area contributed by atoms with Crippen molar-refractivity contribution < 1.29 is 4.79 Å². The highest BCUT2D eigenvalue weighted by Crippen LogP contribution is 2.16. The smallest absolute Gasteiger partial charge is 0.266 e. The molecule has 0 saturated carbocycles. The molecule has 0 aromatic carbocycles. The zero-order valence-corrected chi connectivity index (χ0v) is 11.2. The number of anilines is 1. The third-order valence-electron chi connectivity index (χ3n) is 2.16. The van der Waals surface area contributed by atoms with Crippen molar-refractivity contribution in [3.8, 4) is 0 Å². The van der Waals surface area contributed by atoms with Crippen LogP contribution in [0, 0.1) is 8.99 Å². The highest BCUT2D eigenvalue weighted by Gasteiger charge is 2.25. The number of carbonyl (C=O) groups is 1. The largest absolute Gasteiger partial charge is 0.369 e. The summed E-state index contributed by atoms with van der Waals surface area (Å²) in [5, 5.41) is 2.94. The number of hydrogen-bond acceptors (Lipinski definition) is 4. The van der Waals surface area contributed by atoms with Gasteiger partial charge < -0.3 is 16.0 Å². The van der Waals surface area contributed by atoms with Crippen LogP contribution in [-0.4, -0.2) is 22.4 Å². The van der Waals surface area contributed by atoms with E-state index in [1.807, 2.05) is 22.6 Å². The molecule has 1 amide bonds. The van der Waals surface area contributed by atoms with Crippen LogP contribution >= 0.6 is 22.6 Å². The summed E-state index contributed by atoms with van der Waals surface area (Å²) >= 11 is 1.89. The van der Waals surface area contributed by atoms with Crippen molar-refractivity contribution in [3.63, 3.8) is 0 Å². The van der Waals surface area contributed by atoms with E-state index in [1.165, 1.54) is 6.33 Å². The number of carbonyl (C=O) groups excluding carboxylic acids is 1. The maximum atomic E-state index is 11.3. The first-order valence-electron chi connectivity index (χ1n) is 4.61. The summed E-state index contributed by atoms with van der Waals surface area (Å²) in [6.07, 6.45) is 1.31. The number of nitrogens with one attached hydrogen (secondary N) is 2. The van der Waals surface area contributed by atoms with E-state index < -0.39 is 11.3 Å². The number of aromatic amines is 1. The molecule has 1 heterocycles. The summed E-state index contributed by atoms with van der Waals surface area (Å²) in [6.45, 7) is 3.78. The first kappa shape index (κ1) is 12.9. The summed E-state index contributed by atoms with van der Waals surface area (Å²) in [7, 11) is 0. The molecule has 0 aliphatic carbocycles. The van der Waals surface area contributed by atoms with Crippen LogP contribution in [0.25, 0.3) is 0 Å². The molecule has 1 rings (SSSR count). The average molecular weight is 336 g/mol. The van der Waals surface area contributed by atoms with Crippen molar-refractivity contribution >= 4 is 34.3 Å². The Morgan fingerprint density at radius 3 is 2.88 bits per heavy atom. The summed E-state index contributed by atoms with van der Waals surface area (Å²) in [5.74, 6) is 0.0542. The van der Waals surface area contributed by atoms with Gasteiger partial charge in [0.15, 0.2) is 0 Å². The zero-order chi connectivity index (χ0) is 12.3. The minimum atomic E-state index is -0.687. The molecule has 88 valence electrons. The Morgan fingerprint density at radius 2 is 2.31 bits per heavy atom. The van der Waals surface area contributed by atoms with Crippen molar-refractivity contribution in [3.05, 3.63) is 20.3 Å². The molecule has 0 spiro atoms. The van der Waals surface area contributed by atoms with Crippen molar-refractivity contribution in [2.45, 2.75) is 13.8 Å². The molecule has 16 heavy (non-hydrogen) atoms. The third-order valence-corrected chi connectivity index (χ3v) is 3.16. The van der Waals surface area contributed by atoms with E-state index in [2.05, 4.69) is 15.3 Å². The molecule has 1 aromatic heterocycles. The van der Waals surface area contributed by atoms with Crippen LogP contribution in [0.5, 0.6) is 0 Å². The number of amides is 1. The number of rotatable bonds is 4. The lowest BCUT2D eigenvalue weighted by atomic mass is 9.93. The Labute approximate surface area is 106 Å². The molecule has 7 heteroatoms. The van der Waals surface area contributed by atoms with E-state index in [9.17, 15) is 9.59 Å². The first-order valence-corrected chi connectivity index (χ1v) is 5.69. The van der Waals surface area contributed by atoms with Gasteiger partial charge >= 0.3 is 0 Å². The maximum absolute atomic E-state index is 11.3. The van der Waals surface area contributed by atoms with E-state index in [0.717, 1.165) is 0 Å². The Morgan fingerprint density at radius 1 is 1.69 bits per heavy atom. The van der Waals surface area contributed by atoms with E-state index >= 15 is 0 Å². The molecular weight excluding hydrogens is 323 g/mol. The van der Waals surface area contributed by atoms with Crippen molar-refractivity contribution in [1.29, 1.82) is 0 Å². The van der Waals surface area contributed by atoms with Crippen molar-refractivity contribution in [1.82, 2.24) is 9.97 Å². The van der Waals surface area contributed by atoms with Gasteiger partial charge in [-0.15, -0.1) is 0 Å². The first-order chi connectivity index (χ1) is 7.34. The number of halogens is 1. The van der Waals surface area contributed by atoms with Crippen LogP contribution in [0.3, 0.4) is 0 Å². The molecule has 0 unspecified atom stereocenters. The van der Waals surface area contributed by atoms with E-state index in [1.54, 1.807) is 13.8 Å². The Balaban J connectivity index is 2.80. The van der Waals surface area contributed by atoms with Gasteiger partial charge in [-0.1, -0.05) is 0 Å². The lowest BCUT2D eigenvalue weighted by Crippen LogP contribution is -2.37. The van der Waals surface area contributed by atoms with Crippen molar-refractivity contribution in [2.24, 2.45) is 11.1 Å². The normalized spacial score (nSPS) is 11.2. The minimum Gasteiger partial charge on any atom is -0.369 e.